The summed E-state index contributed by atoms with van der Waals surface area (Å²) >= 11 is 0. The SMILES string of the molecule is COc1ccc(OC)c(S(=O)(=O)NCc2cnn(-c3ccccc3)c2)c1. The molecule has 0 saturated carbocycles. The van der Waals surface area contributed by atoms with Crippen LogP contribution in [0.2, 0.25) is 0 Å². The van der Waals surface area contributed by atoms with Gasteiger partial charge in [-0.05, 0) is 24.3 Å². The molecule has 136 valence electrons. The summed E-state index contributed by atoms with van der Waals surface area (Å²) in [6.07, 6.45) is 3.40. The van der Waals surface area contributed by atoms with Gasteiger partial charge in [-0.15, -0.1) is 0 Å². The van der Waals surface area contributed by atoms with E-state index in [2.05, 4.69) is 9.82 Å². The zero-order valence-electron chi connectivity index (χ0n) is 14.4. The molecule has 2 aromatic carbocycles. The van der Waals surface area contributed by atoms with E-state index >= 15 is 0 Å². The van der Waals surface area contributed by atoms with E-state index in [9.17, 15) is 8.42 Å². The quantitative estimate of drug-likeness (QED) is 0.687. The maximum Gasteiger partial charge on any atom is 0.244 e. The van der Waals surface area contributed by atoms with Gasteiger partial charge in [-0.2, -0.15) is 5.10 Å². The number of ether oxygens (including phenoxy) is 2. The van der Waals surface area contributed by atoms with Gasteiger partial charge in [0.2, 0.25) is 10.0 Å². The molecule has 1 aromatic heterocycles. The van der Waals surface area contributed by atoms with Crippen LogP contribution in [0.3, 0.4) is 0 Å². The van der Waals surface area contributed by atoms with Gasteiger partial charge in [-0.3, -0.25) is 0 Å². The summed E-state index contributed by atoms with van der Waals surface area (Å²) < 4.78 is 39.8. The first-order valence-corrected chi connectivity index (χ1v) is 9.32. The molecule has 1 heterocycles. The molecule has 8 heteroatoms. The van der Waals surface area contributed by atoms with Crippen molar-refractivity contribution in [2.75, 3.05) is 14.2 Å². The monoisotopic (exact) mass is 373 g/mol. The molecule has 3 rings (SSSR count). The Morgan fingerprint density at radius 3 is 2.54 bits per heavy atom. The van der Waals surface area contributed by atoms with Crippen LogP contribution in [0.4, 0.5) is 0 Å². The van der Waals surface area contributed by atoms with Gasteiger partial charge in [0.15, 0.2) is 0 Å². The number of nitrogens with zero attached hydrogens (tertiary/aromatic N) is 2. The van der Waals surface area contributed by atoms with Crippen LogP contribution in [-0.4, -0.2) is 32.4 Å². The molecule has 3 aromatic rings. The number of benzene rings is 2. The smallest absolute Gasteiger partial charge is 0.244 e. The fourth-order valence-electron chi connectivity index (χ4n) is 2.42. The van der Waals surface area contributed by atoms with Crippen LogP contribution >= 0.6 is 0 Å². The van der Waals surface area contributed by atoms with Crippen molar-refractivity contribution in [3.8, 4) is 17.2 Å². The van der Waals surface area contributed by atoms with Gasteiger partial charge in [0.1, 0.15) is 16.4 Å². The highest BCUT2D eigenvalue weighted by Gasteiger charge is 2.20. The maximum absolute atomic E-state index is 12.7. The van der Waals surface area contributed by atoms with Crippen LogP contribution in [0.15, 0.2) is 65.8 Å². The number of para-hydroxylation sites is 1. The average molecular weight is 373 g/mol. The van der Waals surface area contributed by atoms with Crippen molar-refractivity contribution in [3.05, 3.63) is 66.5 Å². The molecule has 0 fully saturated rings. The lowest BCUT2D eigenvalue weighted by Crippen LogP contribution is -2.23. The Kier molecular flexibility index (Phi) is 5.24. The van der Waals surface area contributed by atoms with Crippen LogP contribution in [0.5, 0.6) is 11.5 Å². The highest BCUT2D eigenvalue weighted by Crippen LogP contribution is 2.28. The van der Waals surface area contributed by atoms with Crippen LogP contribution in [0.1, 0.15) is 5.56 Å². The third-order valence-electron chi connectivity index (χ3n) is 3.78. The lowest BCUT2D eigenvalue weighted by atomic mass is 10.3. The van der Waals surface area contributed by atoms with E-state index in [4.69, 9.17) is 9.47 Å². The van der Waals surface area contributed by atoms with Crippen molar-refractivity contribution < 1.29 is 17.9 Å². The zero-order chi connectivity index (χ0) is 18.6. The maximum atomic E-state index is 12.7. The van der Waals surface area contributed by atoms with Gasteiger partial charge in [0.25, 0.3) is 0 Å². The Hall–Kier alpha value is -2.84. The number of methoxy groups -OCH3 is 2. The molecule has 0 spiro atoms. The van der Waals surface area contributed by atoms with Crippen LogP contribution < -0.4 is 14.2 Å². The molecule has 0 amide bonds. The number of rotatable bonds is 7. The summed E-state index contributed by atoms with van der Waals surface area (Å²) in [5.74, 6) is 0.682. The lowest BCUT2D eigenvalue weighted by molar-refractivity contribution is 0.392. The van der Waals surface area contributed by atoms with Gasteiger partial charge in [0, 0.05) is 24.4 Å². The highest BCUT2D eigenvalue weighted by molar-refractivity contribution is 7.89. The van der Waals surface area contributed by atoms with Gasteiger partial charge in [0.05, 0.1) is 26.1 Å². The van der Waals surface area contributed by atoms with Gasteiger partial charge >= 0.3 is 0 Å². The molecule has 0 bridgehead atoms. The standard InChI is InChI=1S/C18H19N3O4S/c1-24-16-8-9-17(25-2)18(10-16)26(22,23)20-12-14-11-19-21(13-14)15-6-4-3-5-7-15/h3-11,13,20H,12H2,1-2H3. The first kappa shape index (κ1) is 18.0. The summed E-state index contributed by atoms with van der Waals surface area (Å²) in [5.41, 5.74) is 1.63. The Balaban J connectivity index is 1.78. The van der Waals surface area contributed by atoms with Crippen molar-refractivity contribution in [2.45, 2.75) is 11.4 Å². The molecule has 0 unspecified atom stereocenters. The predicted octanol–water partition coefficient (Wildman–Crippen LogP) is 2.37. The van der Waals surface area contributed by atoms with Crippen LogP contribution in [-0.2, 0) is 16.6 Å². The molecule has 26 heavy (non-hydrogen) atoms. The third-order valence-corrected chi connectivity index (χ3v) is 5.21. The topological polar surface area (TPSA) is 82.4 Å². The van der Waals surface area contributed by atoms with E-state index in [-0.39, 0.29) is 17.2 Å². The number of aromatic nitrogens is 2. The molecule has 0 aliphatic carbocycles. The average Bonchev–Trinajstić information content (AvgIpc) is 3.16. The number of hydrogen-bond donors (Lipinski definition) is 1. The fourth-order valence-corrected chi connectivity index (χ4v) is 3.62. The Bertz CT molecular complexity index is 985. The summed E-state index contributed by atoms with van der Waals surface area (Å²) in [6, 6.07) is 14.2. The van der Waals surface area contributed by atoms with Crippen molar-refractivity contribution in [1.82, 2.24) is 14.5 Å². The largest absolute Gasteiger partial charge is 0.497 e. The van der Waals surface area contributed by atoms with E-state index in [0.717, 1.165) is 11.3 Å². The van der Waals surface area contributed by atoms with E-state index in [1.807, 2.05) is 30.3 Å². The summed E-state index contributed by atoms with van der Waals surface area (Å²) in [4.78, 5) is 0.0230. The Morgan fingerprint density at radius 2 is 1.85 bits per heavy atom. The lowest BCUT2D eigenvalue weighted by Gasteiger charge is -2.11. The van der Waals surface area contributed by atoms with Crippen molar-refractivity contribution in [2.24, 2.45) is 0 Å². The fraction of sp³-hybridized carbons (Fsp3) is 0.167. The summed E-state index contributed by atoms with van der Waals surface area (Å²) in [5, 5.41) is 4.26. The van der Waals surface area contributed by atoms with Crippen LogP contribution in [0.25, 0.3) is 5.69 Å². The van der Waals surface area contributed by atoms with Gasteiger partial charge < -0.3 is 9.47 Å². The second-order valence-electron chi connectivity index (χ2n) is 5.47. The molecule has 0 saturated heterocycles. The van der Waals surface area contributed by atoms with E-state index in [0.29, 0.717) is 5.75 Å². The highest BCUT2D eigenvalue weighted by atomic mass is 32.2. The number of hydrogen-bond acceptors (Lipinski definition) is 5. The molecule has 0 atom stereocenters. The summed E-state index contributed by atoms with van der Waals surface area (Å²) in [7, 11) is -0.884. The minimum Gasteiger partial charge on any atom is -0.497 e. The van der Waals surface area contributed by atoms with Crippen molar-refractivity contribution in [1.29, 1.82) is 0 Å². The van der Waals surface area contributed by atoms with Gasteiger partial charge in [-0.25, -0.2) is 17.8 Å². The summed E-state index contributed by atoms with van der Waals surface area (Å²) in [6.45, 7) is 0.107. The Labute approximate surface area is 152 Å². The minimum atomic E-state index is -3.78. The number of sulfonamides is 1. The Morgan fingerprint density at radius 1 is 1.08 bits per heavy atom. The molecular formula is C18H19N3O4S. The second kappa shape index (κ2) is 7.59. The zero-order valence-corrected chi connectivity index (χ0v) is 15.2. The van der Waals surface area contributed by atoms with Gasteiger partial charge in [-0.1, -0.05) is 18.2 Å². The minimum absolute atomic E-state index is 0.0230. The van der Waals surface area contributed by atoms with Crippen LogP contribution in [0, 0.1) is 0 Å². The number of nitrogens with one attached hydrogen (secondary N) is 1. The molecule has 0 aliphatic rings. The van der Waals surface area contributed by atoms with Crippen molar-refractivity contribution in [3.63, 3.8) is 0 Å². The predicted molar refractivity (Wildman–Crippen MR) is 97.1 cm³/mol. The molecule has 7 nitrogen and oxygen atoms in total. The van der Waals surface area contributed by atoms with E-state index in [1.165, 1.54) is 20.3 Å². The third kappa shape index (κ3) is 3.87. The van der Waals surface area contributed by atoms with E-state index < -0.39 is 10.0 Å². The van der Waals surface area contributed by atoms with E-state index in [1.54, 1.807) is 29.2 Å². The molecule has 0 aliphatic heterocycles. The second-order valence-corrected chi connectivity index (χ2v) is 7.21. The first-order valence-electron chi connectivity index (χ1n) is 7.84. The molecule has 1 N–H and O–H groups in total. The normalized spacial score (nSPS) is 11.3. The molecular weight excluding hydrogens is 354 g/mol. The first-order chi connectivity index (χ1) is 12.5. The molecule has 0 radical (unpaired) electrons. The van der Waals surface area contributed by atoms with Crippen molar-refractivity contribution >= 4 is 10.0 Å².